The fraction of sp³-hybridized carbons (Fsp3) is 0.471. The van der Waals surface area contributed by atoms with Gasteiger partial charge in [0.05, 0.1) is 0 Å². The number of halogens is 1. The van der Waals surface area contributed by atoms with Crippen LogP contribution in [0.15, 0.2) is 24.4 Å². The van der Waals surface area contributed by atoms with E-state index in [1.165, 1.54) is 6.07 Å². The van der Waals surface area contributed by atoms with Crippen LogP contribution in [0.3, 0.4) is 0 Å². The van der Waals surface area contributed by atoms with Crippen LogP contribution >= 0.6 is 0 Å². The van der Waals surface area contributed by atoms with Gasteiger partial charge < -0.3 is 15.0 Å². The maximum Gasteiger partial charge on any atom is 0.249 e. The summed E-state index contributed by atoms with van der Waals surface area (Å²) in [7, 11) is 0. The number of carbonyl (C=O) groups is 1. The molecule has 0 spiro atoms. The van der Waals surface area contributed by atoms with Gasteiger partial charge in [-0.05, 0) is 49.4 Å². The third kappa shape index (κ3) is 2.29. The molecule has 1 unspecified atom stereocenters. The first-order valence-corrected chi connectivity index (χ1v) is 7.84. The minimum Gasteiger partial charge on any atom is -0.368 e. The first kappa shape index (κ1) is 13.8. The lowest BCUT2D eigenvalue weighted by atomic mass is 9.95. The summed E-state index contributed by atoms with van der Waals surface area (Å²) in [6.07, 6.45) is 5.44. The molecule has 0 radical (unpaired) electrons. The number of hydrogen-bond donors (Lipinski definition) is 2. The zero-order valence-corrected chi connectivity index (χ0v) is 12.3. The van der Waals surface area contributed by atoms with Crippen molar-refractivity contribution in [3.63, 3.8) is 0 Å². The molecule has 1 saturated heterocycles. The van der Waals surface area contributed by atoms with Crippen molar-refractivity contribution in [1.82, 2.24) is 10.3 Å². The first-order chi connectivity index (χ1) is 10.7. The minimum atomic E-state index is -0.295. The number of aromatic amines is 1. The van der Waals surface area contributed by atoms with Crippen molar-refractivity contribution in [2.45, 2.75) is 37.2 Å². The van der Waals surface area contributed by atoms with Gasteiger partial charge in [0.25, 0.3) is 0 Å². The topological polar surface area (TPSA) is 54.1 Å². The van der Waals surface area contributed by atoms with E-state index in [2.05, 4.69) is 10.3 Å². The number of nitrogens with one attached hydrogen (secondary N) is 2. The Balaban J connectivity index is 1.53. The average molecular weight is 302 g/mol. The van der Waals surface area contributed by atoms with Crippen LogP contribution in [-0.4, -0.2) is 30.1 Å². The number of carbonyl (C=O) groups excluding carboxylic acids is 1. The molecular weight excluding hydrogens is 283 g/mol. The van der Waals surface area contributed by atoms with Crippen LogP contribution in [0.5, 0.6) is 0 Å². The Bertz CT molecular complexity index is 715. The van der Waals surface area contributed by atoms with Gasteiger partial charge in [0.1, 0.15) is 11.9 Å². The molecule has 4 rings (SSSR count). The summed E-state index contributed by atoms with van der Waals surface area (Å²) in [6, 6.07) is 4.79. The summed E-state index contributed by atoms with van der Waals surface area (Å²) >= 11 is 0. The van der Waals surface area contributed by atoms with Gasteiger partial charge in [-0.15, -0.1) is 0 Å². The third-order valence-electron chi connectivity index (χ3n) is 4.89. The van der Waals surface area contributed by atoms with Crippen LogP contribution in [0.2, 0.25) is 0 Å². The molecule has 2 heterocycles. The highest BCUT2D eigenvalue weighted by Crippen LogP contribution is 2.50. The number of fused-ring (bicyclic) bond motifs is 1. The van der Waals surface area contributed by atoms with Crippen LogP contribution in [0.1, 0.15) is 31.2 Å². The van der Waals surface area contributed by atoms with Gasteiger partial charge in [0.2, 0.25) is 5.91 Å². The fourth-order valence-corrected chi connectivity index (χ4v) is 3.38. The van der Waals surface area contributed by atoms with Crippen LogP contribution in [-0.2, 0) is 14.9 Å². The van der Waals surface area contributed by atoms with E-state index in [1.807, 2.05) is 6.20 Å². The van der Waals surface area contributed by atoms with Gasteiger partial charge >= 0.3 is 0 Å². The second kappa shape index (κ2) is 5.09. The van der Waals surface area contributed by atoms with Gasteiger partial charge in [-0.2, -0.15) is 0 Å². The number of aromatic nitrogens is 1. The monoisotopic (exact) mass is 302 g/mol. The average Bonchev–Trinajstić information content (AvgIpc) is 2.95. The molecule has 2 aliphatic rings. The fourth-order valence-electron chi connectivity index (χ4n) is 3.38. The molecule has 4 nitrogen and oxygen atoms in total. The molecule has 2 fully saturated rings. The minimum absolute atomic E-state index is 0.0187. The van der Waals surface area contributed by atoms with E-state index in [0.29, 0.717) is 13.2 Å². The highest BCUT2D eigenvalue weighted by Gasteiger charge is 2.46. The Morgan fingerprint density at radius 2 is 2.32 bits per heavy atom. The van der Waals surface area contributed by atoms with E-state index >= 15 is 0 Å². The molecule has 0 bridgehead atoms. The Morgan fingerprint density at radius 1 is 1.45 bits per heavy atom. The second-order valence-electron chi connectivity index (χ2n) is 6.39. The Morgan fingerprint density at radius 3 is 3.05 bits per heavy atom. The standard InChI is InChI=1S/C17H19FN2O2/c18-11-3-4-14-12(8-11)13(9-19-14)17(5-6-17)10-20-16(21)15-2-1-7-22-15/h3-4,8-9,15,19H,1-2,5-7,10H2,(H,20,21). The van der Waals surface area contributed by atoms with E-state index in [9.17, 15) is 9.18 Å². The van der Waals surface area contributed by atoms with Crippen molar-refractivity contribution in [3.05, 3.63) is 35.8 Å². The van der Waals surface area contributed by atoms with Crippen molar-refractivity contribution in [3.8, 4) is 0 Å². The van der Waals surface area contributed by atoms with Crippen LogP contribution < -0.4 is 5.32 Å². The molecule has 2 N–H and O–H groups in total. The summed E-state index contributed by atoms with van der Waals surface area (Å²) in [5, 5.41) is 3.94. The van der Waals surface area contributed by atoms with Gasteiger partial charge in [-0.3, -0.25) is 4.79 Å². The zero-order valence-electron chi connectivity index (χ0n) is 12.3. The van der Waals surface area contributed by atoms with E-state index in [1.54, 1.807) is 12.1 Å². The van der Waals surface area contributed by atoms with Crippen molar-refractivity contribution in [2.24, 2.45) is 0 Å². The lowest BCUT2D eigenvalue weighted by Gasteiger charge is -2.17. The van der Waals surface area contributed by atoms with E-state index in [0.717, 1.165) is 42.1 Å². The van der Waals surface area contributed by atoms with Gasteiger partial charge in [-0.1, -0.05) is 0 Å². The zero-order chi connectivity index (χ0) is 15.2. The summed E-state index contributed by atoms with van der Waals surface area (Å²) < 4.78 is 18.9. The number of H-pyrrole nitrogens is 1. The predicted octanol–water partition coefficient (Wildman–Crippen LogP) is 2.63. The van der Waals surface area contributed by atoms with Crippen LogP contribution in [0.4, 0.5) is 4.39 Å². The van der Waals surface area contributed by atoms with Crippen molar-refractivity contribution < 1.29 is 13.9 Å². The van der Waals surface area contributed by atoms with Crippen LogP contribution in [0, 0.1) is 5.82 Å². The van der Waals surface area contributed by atoms with Crippen molar-refractivity contribution in [1.29, 1.82) is 0 Å². The summed E-state index contributed by atoms with van der Waals surface area (Å²) in [5.41, 5.74) is 1.99. The van der Waals surface area contributed by atoms with E-state index in [4.69, 9.17) is 4.74 Å². The van der Waals surface area contributed by atoms with Crippen molar-refractivity contribution >= 4 is 16.8 Å². The highest BCUT2D eigenvalue weighted by molar-refractivity contribution is 5.85. The van der Waals surface area contributed by atoms with E-state index in [-0.39, 0.29) is 23.2 Å². The summed E-state index contributed by atoms with van der Waals surface area (Å²) in [4.78, 5) is 15.3. The number of benzene rings is 1. The second-order valence-corrected chi connectivity index (χ2v) is 6.39. The quantitative estimate of drug-likeness (QED) is 0.912. The molecule has 1 atom stereocenters. The molecule has 1 aliphatic heterocycles. The lowest BCUT2D eigenvalue weighted by Crippen LogP contribution is -2.38. The maximum absolute atomic E-state index is 13.5. The molecule has 116 valence electrons. The van der Waals surface area contributed by atoms with Crippen LogP contribution in [0.25, 0.3) is 10.9 Å². The Hall–Kier alpha value is -1.88. The molecule has 1 aliphatic carbocycles. The third-order valence-corrected chi connectivity index (χ3v) is 4.89. The summed E-state index contributed by atoms with van der Waals surface area (Å²) in [6.45, 7) is 1.26. The largest absolute Gasteiger partial charge is 0.368 e. The molecule has 1 amide bonds. The predicted molar refractivity (Wildman–Crippen MR) is 81.2 cm³/mol. The number of hydrogen-bond acceptors (Lipinski definition) is 2. The van der Waals surface area contributed by atoms with Gasteiger partial charge in [-0.25, -0.2) is 4.39 Å². The normalized spacial score (nSPS) is 22.9. The molecule has 5 heteroatoms. The molecule has 1 saturated carbocycles. The Kier molecular flexibility index (Phi) is 3.18. The smallest absolute Gasteiger partial charge is 0.249 e. The van der Waals surface area contributed by atoms with Gasteiger partial charge in [0, 0.05) is 35.7 Å². The molecule has 2 aromatic rings. The first-order valence-electron chi connectivity index (χ1n) is 7.84. The highest BCUT2D eigenvalue weighted by atomic mass is 19.1. The number of amides is 1. The number of rotatable bonds is 4. The molecule has 1 aromatic carbocycles. The van der Waals surface area contributed by atoms with E-state index < -0.39 is 0 Å². The maximum atomic E-state index is 13.5. The number of ether oxygens (including phenoxy) is 1. The lowest BCUT2D eigenvalue weighted by molar-refractivity contribution is -0.130. The SMILES string of the molecule is O=C(NCC1(c2c[nH]c3ccc(F)cc23)CC1)C1CCCO1. The molecule has 22 heavy (non-hydrogen) atoms. The summed E-state index contributed by atoms with van der Waals surface area (Å²) in [5.74, 6) is -0.248. The Labute approximate surface area is 128 Å². The molecule has 1 aromatic heterocycles. The van der Waals surface area contributed by atoms with Crippen molar-refractivity contribution in [2.75, 3.05) is 13.2 Å². The van der Waals surface area contributed by atoms with Gasteiger partial charge in [0.15, 0.2) is 0 Å². The molecular formula is C17H19FN2O2.